The highest BCUT2D eigenvalue weighted by atomic mass is 16.5. The molecule has 0 saturated carbocycles. The second kappa shape index (κ2) is 8.84. The van der Waals surface area contributed by atoms with E-state index in [1.165, 1.54) is 6.20 Å². The van der Waals surface area contributed by atoms with Crippen LogP contribution < -0.4 is 26.0 Å². The first-order chi connectivity index (χ1) is 16.8. The Balaban J connectivity index is 1.44. The van der Waals surface area contributed by atoms with E-state index in [0.29, 0.717) is 30.8 Å². The van der Waals surface area contributed by atoms with Gasteiger partial charge in [0.1, 0.15) is 11.4 Å². The number of benzene rings is 1. The van der Waals surface area contributed by atoms with Crippen molar-refractivity contribution in [3.8, 4) is 5.75 Å². The van der Waals surface area contributed by atoms with Gasteiger partial charge >= 0.3 is 0 Å². The zero-order valence-electron chi connectivity index (χ0n) is 19.7. The number of ether oxygens (including phenoxy) is 1. The Kier molecular flexibility index (Phi) is 5.84. The molecule has 0 aliphatic carbocycles. The average Bonchev–Trinajstić information content (AvgIpc) is 3.39. The Morgan fingerprint density at radius 1 is 1.29 bits per heavy atom. The van der Waals surface area contributed by atoms with E-state index < -0.39 is 11.5 Å². The fourth-order valence-electron chi connectivity index (χ4n) is 5.21. The van der Waals surface area contributed by atoms with Crippen LogP contribution in [0, 0.1) is 5.41 Å². The van der Waals surface area contributed by atoms with Crippen molar-refractivity contribution in [2.24, 2.45) is 11.1 Å². The van der Waals surface area contributed by atoms with Gasteiger partial charge in [0.05, 0.1) is 23.6 Å². The lowest BCUT2D eigenvalue weighted by molar-refractivity contribution is -0.119. The molecule has 1 aromatic heterocycles. The smallest absolute Gasteiger partial charge is 0.261 e. The molecule has 184 valence electrons. The lowest BCUT2D eigenvalue weighted by Gasteiger charge is -2.40. The number of carbonyl (C=O) groups is 2. The van der Waals surface area contributed by atoms with Gasteiger partial charge in [0, 0.05) is 62.7 Å². The van der Waals surface area contributed by atoms with Crippen LogP contribution in [-0.4, -0.2) is 58.7 Å². The minimum absolute atomic E-state index is 0.000210. The van der Waals surface area contributed by atoms with Gasteiger partial charge in [-0.15, -0.1) is 0 Å². The zero-order chi connectivity index (χ0) is 24.6. The van der Waals surface area contributed by atoms with E-state index in [4.69, 9.17) is 10.5 Å². The molecule has 1 aromatic carbocycles. The molecule has 1 atom stereocenters. The Bertz CT molecular complexity index is 1180. The van der Waals surface area contributed by atoms with Crippen molar-refractivity contribution in [3.63, 3.8) is 0 Å². The van der Waals surface area contributed by atoms with Crippen molar-refractivity contribution < 1.29 is 19.4 Å². The van der Waals surface area contributed by atoms with E-state index >= 15 is 0 Å². The van der Waals surface area contributed by atoms with Crippen molar-refractivity contribution in [3.05, 3.63) is 48.2 Å². The maximum Gasteiger partial charge on any atom is 0.261 e. The van der Waals surface area contributed by atoms with Crippen LogP contribution >= 0.6 is 0 Å². The summed E-state index contributed by atoms with van der Waals surface area (Å²) in [7, 11) is 0. The van der Waals surface area contributed by atoms with E-state index in [9.17, 15) is 14.7 Å². The summed E-state index contributed by atoms with van der Waals surface area (Å²) in [4.78, 5) is 35.6. The molecule has 0 radical (unpaired) electrons. The first kappa shape index (κ1) is 23.1. The van der Waals surface area contributed by atoms with Gasteiger partial charge in [-0.05, 0) is 37.3 Å². The predicted molar refractivity (Wildman–Crippen MR) is 131 cm³/mol. The highest BCUT2D eigenvalue weighted by Gasteiger charge is 2.42. The summed E-state index contributed by atoms with van der Waals surface area (Å²) >= 11 is 0. The Morgan fingerprint density at radius 2 is 2.03 bits per heavy atom. The third-order valence-electron chi connectivity index (χ3n) is 7.26. The summed E-state index contributed by atoms with van der Waals surface area (Å²) in [5.74, 6) is 0.644. The summed E-state index contributed by atoms with van der Waals surface area (Å²) in [6.45, 7) is 3.96. The maximum absolute atomic E-state index is 13.2. The Morgan fingerprint density at radius 3 is 2.66 bits per heavy atom. The maximum atomic E-state index is 13.2. The van der Waals surface area contributed by atoms with Crippen LogP contribution in [0.1, 0.15) is 37.6 Å². The molecular weight excluding hydrogens is 448 g/mol. The van der Waals surface area contributed by atoms with Gasteiger partial charge < -0.3 is 31.1 Å². The lowest BCUT2D eigenvalue weighted by atomic mass is 9.77. The number of rotatable bonds is 5. The van der Waals surface area contributed by atoms with Gasteiger partial charge in [-0.1, -0.05) is 0 Å². The molecule has 0 unspecified atom stereocenters. The van der Waals surface area contributed by atoms with E-state index in [-0.39, 0.29) is 29.3 Å². The van der Waals surface area contributed by atoms with Crippen molar-refractivity contribution in [1.82, 2.24) is 15.3 Å². The van der Waals surface area contributed by atoms with Crippen LogP contribution in [0.15, 0.2) is 36.8 Å². The summed E-state index contributed by atoms with van der Waals surface area (Å²) in [6, 6.07) is 5.52. The Labute approximate surface area is 203 Å². The molecule has 35 heavy (non-hydrogen) atoms. The first-order valence-electron chi connectivity index (χ1n) is 11.8. The SMILES string of the molecule is C[C@@]1(CO)Cc2cc(NC(=O)C(=CN)c3ncccn3)c(N3CCC4(CC3)CNC(=O)C4)cc2O1. The number of aliphatic hydroxyl groups excluding tert-OH is 1. The monoisotopic (exact) mass is 478 g/mol. The Hall–Kier alpha value is -3.66. The summed E-state index contributed by atoms with van der Waals surface area (Å²) in [5.41, 5.74) is 7.60. The fraction of sp³-hybridized carbons (Fsp3) is 0.440. The predicted octanol–water partition coefficient (Wildman–Crippen LogP) is 1.21. The molecule has 5 N–H and O–H groups in total. The zero-order valence-corrected chi connectivity index (χ0v) is 19.7. The molecule has 2 fully saturated rings. The number of fused-ring (bicyclic) bond motifs is 1. The topological polar surface area (TPSA) is 143 Å². The average molecular weight is 479 g/mol. The quantitative estimate of drug-likeness (QED) is 0.470. The molecule has 4 heterocycles. The number of piperidine rings is 1. The van der Waals surface area contributed by atoms with Gasteiger partial charge in [-0.3, -0.25) is 9.59 Å². The molecule has 3 aliphatic heterocycles. The van der Waals surface area contributed by atoms with Crippen LogP contribution in [0.4, 0.5) is 11.4 Å². The van der Waals surface area contributed by atoms with Crippen molar-refractivity contribution in [2.75, 3.05) is 36.5 Å². The largest absolute Gasteiger partial charge is 0.484 e. The van der Waals surface area contributed by atoms with Crippen molar-refractivity contribution >= 4 is 28.8 Å². The van der Waals surface area contributed by atoms with Crippen LogP contribution in [0.2, 0.25) is 0 Å². The molecule has 3 aliphatic rings. The summed E-state index contributed by atoms with van der Waals surface area (Å²) in [6.07, 6.45) is 7.15. The molecule has 10 nitrogen and oxygen atoms in total. The molecule has 2 saturated heterocycles. The number of aromatic nitrogens is 2. The normalized spacial score (nSPS) is 23.1. The summed E-state index contributed by atoms with van der Waals surface area (Å²) < 4.78 is 6.08. The lowest BCUT2D eigenvalue weighted by Crippen LogP contribution is -2.41. The van der Waals surface area contributed by atoms with Crippen LogP contribution in [-0.2, 0) is 16.0 Å². The van der Waals surface area contributed by atoms with Gasteiger partial charge in [-0.25, -0.2) is 9.97 Å². The molecule has 2 aromatic rings. The molecule has 5 rings (SSSR count). The van der Waals surface area contributed by atoms with E-state index in [2.05, 4.69) is 25.5 Å². The number of hydrogen-bond acceptors (Lipinski definition) is 8. The standard InChI is InChI=1S/C25H30N6O4/c1-24(15-32)11-16-9-18(30-23(34)17(13-26)22-27-5-2-6-28-22)19(10-20(16)35-24)31-7-3-25(4-8-31)12-21(33)29-14-25/h2,5-6,9-10,13,32H,3-4,7-8,11-12,14-15,26H2,1H3,(H,29,33)(H,30,34)/t24-/m0/s1. The number of anilines is 2. The number of carbonyl (C=O) groups excluding carboxylic acids is 2. The highest BCUT2D eigenvalue weighted by Crippen LogP contribution is 2.45. The van der Waals surface area contributed by atoms with Crippen molar-refractivity contribution in [2.45, 2.75) is 38.2 Å². The summed E-state index contributed by atoms with van der Waals surface area (Å²) in [5, 5.41) is 15.8. The second-order valence-electron chi connectivity index (χ2n) is 9.91. The van der Waals surface area contributed by atoms with Gasteiger partial charge in [0.2, 0.25) is 5.91 Å². The van der Waals surface area contributed by atoms with Gasteiger partial charge in [-0.2, -0.15) is 0 Å². The first-order valence-corrected chi connectivity index (χ1v) is 11.8. The number of aliphatic hydroxyl groups is 1. The van der Waals surface area contributed by atoms with Crippen molar-refractivity contribution in [1.29, 1.82) is 0 Å². The number of nitrogens with zero attached hydrogens (tertiary/aromatic N) is 3. The third kappa shape index (κ3) is 4.41. The van der Waals surface area contributed by atoms with Crippen LogP contribution in [0.25, 0.3) is 5.57 Å². The second-order valence-corrected chi connectivity index (χ2v) is 9.91. The van der Waals surface area contributed by atoms with E-state index in [1.807, 2.05) is 19.1 Å². The number of amides is 2. The molecule has 2 amide bonds. The van der Waals surface area contributed by atoms with Crippen LogP contribution in [0.3, 0.4) is 0 Å². The minimum Gasteiger partial charge on any atom is -0.484 e. The van der Waals surface area contributed by atoms with E-state index in [0.717, 1.165) is 37.2 Å². The van der Waals surface area contributed by atoms with E-state index in [1.54, 1.807) is 18.5 Å². The molecular formula is C25H30N6O4. The third-order valence-corrected chi connectivity index (χ3v) is 7.26. The number of hydrogen-bond donors (Lipinski definition) is 4. The van der Waals surface area contributed by atoms with Gasteiger partial charge in [0.15, 0.2) is 5.82 Å². The minimum atomic E-state index is -0.704. The number of nitrogens with one attached hydrogen (secondary N) is 2. The fourth-order valence-corrected chi connectivity index (χ4v) is 5.21. The highest BCUT2D eigenvalue weighted by molar-refractivity contribution is 6.24. The van der Waals surface area contributed by atoms with Crippen LogP contribution in [0.5, 0.6) is 5.75 Å². The molecule has 10 heteroatoms. The molecule has 1 spiro atoms. The number of nitrogens with two attached hydrogens (primary N) is 1. The molecule has 0 bridgehead atoms. The van der Waals surface area contributed by atoms with Gasteiger partial charge in [0.25, 0.3) is 5.91 Å².